The lowest BCUT2D eigenvalue weighted by Crippen LogP contribution is -2.25. The van der Waals surface area contributed by atoms with Crippen LogP contribution in [-0.4, -0.2) is 33.0 Å². The van der Waals surface area contributed by atoms with Crippen molar-refractivity contribution in [1.29, 1.82) is 0 Å². The molecule has 0 saturated carbocycles. The van der Waals surface area contributed by atoms with Crippen LogP contribution >= 0.6 is 11.8 Å². The zero-order chi connectivity index (χ0) is 25.2. The summed E-state index contributed by atoms with van der Waals surface area (Å²) in [6, 6.07) is 18.4. The Morgan fingerprint density at radius 2 is 1.75 bits per heavy atom. The maximum absolute atomic E-state index is 13.5. The monoisotopic (exact) mass is 508 g/mol. The summed E-state index contributed by atoms with van der Waals surface area (Å²) in [6.07, 6.45) is 0.310. The van der Waals surface area contributed by atoms with Gasteiger partial charge in [0.2, 0.25) is 5.91 Å². The molecular weight excluding hydrogens is 489 g/mol. The summed E-state index contributed by atoms with van der Waals surface area (Å²) in [5, 5.41) is 8.39. The molecule has 0 spiro atoms. The number of rotatable bonds is 5. The summed E-state index contributed by atoms with van der Waals surface area (Å²) in [4.78, 5) is 29.3. The van der Waals surface area contributed by atoms with Crippen LogP contribution in [0.2, 0.25) is 0 Å². The van der Waals surface area contributed by atoms with E-state index < -0.39 is 28.7 Å². The molecule has 2 aliphatic heterocycles. The van der Waals surface area contributed by atoms with E-state index in [-0.39, 0.29) is 24.0 Å². The van der Waals surface area contributed by atoms with Crippen LogP contribution in [0.4, 0.5) is 18.9 Å². The van der Waals surface area contributed by atoms with Gasteiger partial charge in [-0.1, -0.05) is 54.2 Å². The fourth-order valence-electron chi connectivity index (χ4n) is 4.00. The van der Waals surface area contributed by atoms with Gasteiger partial charge in [-0.05, 0) is 35.4 Å². The van der Waals surface area contributed by atoms with Gasteiger partial charge in [0, 0.05) is 24.6 Å². The van der Waals surface area contributed by atoms with Gasteiger partial charge in [-0.2, -0.15) is 10.1 Å². The number of benzene rings is 3. The summed E-state index contributed by atoms with van der Waals surface area (Å²) in [6.45, 7) is 0. The van der Waals surface area contributed by atoms with E-state index in [0.29, 0.717) is 11.6 Å². The van der Waals surface area contributed by atoms with E-state index in [1.54, 1.807) is 17.1 Å². The molecule has 3 aromatic rings. The van der Waals surface area contributed by atoms with Gasteiger partial charge in [-0.25, -0.2) is 18.2 Å². The number of halogens is 3. The molecule has 0 aromatic heterocycles. The van der Waals surface area contributed by atoms with E-state index in [2.05, 4.69) is 10.3 Å². The lowest BCUT2D eigenvalue weighted by atomic mass is 9.99. The Morgan fingerprint density at radius 1 is 1.00 bits per heavy atom. The summed E-state index contributed by atoms with van der Waals surface area (Å²) >= 11 is 1.11. The Bertz CT molecular complexity index is 1380. The number of nitrogens with one attached hydrogen (secondary N) is 1. The van der Waals surface area contributed by atoms with Crippen molar-refractivity contribution in [3.8, 4) is 0 Å². The van der Waals surface area contributed by atoms with Gasteiger partial charge in [-0.3, -0.25) is 9.59 Å². The van der Waals surface area contributed by atoms with Crippen molar-refractivity contribution in [3.63, 3.8) is 0 Å². The number of amidine groups is 1. The van der Waals surface area contributed by atoms with Crippen molar-refractivity contribution in [1.82, 2.24) is 5.01 Å². The lowest BCUT2D eigenvalue weighted by Gasteiger charge is -2.23. The van der Waals surface area contributed by atoms with E-state index in [4.69, 9.17) is 5.10 Å². The normalized spacial score (nSPS) is 19.3. The van der Waals surface area contributed by atoms with E-state index in [1.807, 2.05) is 30.3 Å². The van der Waals surface area contributed by atoms with Crippen LogP contribution in [0.15, 0.2) is 82.9 Å². The number of hydrazone groups is 1. The second-order valence-electron chi connectivity index (χ2n) is 8.25. The third kappa shape index (κ3) is 5.03. The van der Waals surface area contributed by atoms with Crippen LogP contribution in [0.3, 0.4) is 0 Å². The average molecular weight is 509 g/mol. The first-order chi connectivity index (χ1) is 17.4. The van der Waals surface area contributed by atoms with Crippen LogP contribution in [0.5, 0.6) is 0 Å². The van der Waals surface area contributed by atoms with E-state index >= 15 is 0 Å². The molecule has 0 radical (unpaired) electrons. The maximum Gasteiger partial charge on any atom is 0.262 e. The highest BCUT2D eigenvalue weighted by Gasteiger charge is 2.39. The van der Waals surface area contributed by atoms with Gasteiger partial charge >= 0.3 is 0 Å². The van der Waals surface area contributed by atoms with Gasteiger partial charge in [-0.15, -0.1) is 0 Å². The van der Waals surface area contributed by atoms with Gasteiger partial charge in [0.1, 0.15) is 11.1 Å². The van der Waals surface area contributed by atoms with Gasteiger partial charge < -0.3 is 5.32 Å². The van der Waals surface area contributed by atoms with Crippen LogP contribution in [0.25, 0.3) is 0 Å². The first kappa shape index (κ1) is 23.8. The predicted octanol–water partition coefficient (Wildman–Crippen LogP) is 5.28. The molecule has 0 saturated heterocycles. The maximum atomic E-state index is 13.5. The molecule has 6 nitrogen and oxygen atoms in total. The van der Waals surface area contributed by atoms with Crippen molar-refractivity contribution in [2.45, 2.75) is 24.1 Å². The highest BCUT2D eigenvalue weighted by atomic mass is 32.2. The molecule has 3 aromatic carbocycles. The third-order valence-corrected chi connectivity index (χ3v) is 6.91. The SMILES string of the molecule is O=C(C[C@@H]1SC(N2N=C(c3ccccc3)C[C@@H]2c2ccc(F)cc2)=NC1=O)Nc1ccc(F)c(F)c1. The third-order valence-electron chi connectivity index (χ3n) is 5.77. The first-order valence-corrected chi connectivity index (χ1v) is 12.0. The standard InChI is InChI=1S/C26H19F3N4O2S/c27-17-8-6-16(7-9-17)22-13-21(15-4-2-1-3-5-15)32-33(22)26-31-25(35)23(36-26)14-24(34)30-18-10-11-19(28)20(29)12-18/h1-12,22-23H,13-14H2,(H,30,34)/t22-,23+/m1/s1. The molecule has 2 amide bonds. The molecule has 0 fully saturated rings. The number of aliphatic imine (C=N–C) groups is 1. The molecule has 2 atom stereocenters. The van der Waals surface area contributed by atoms with Crippen molar-refractivity contribution in [2.24, 2.45) is 10.1 Å². The number of anilines is 1. The smallest absolute Gasteiger partial charge is 0.262 e. The number of hydrogen-bond donors (Lipinski definition) is 1. The lowest BCUT2D eigenvalue weighted by molar-refractivity contribution is -0.121. The number of carbonyl (C=O) groups excluding carboxylic acids is 2. The van der Waals surface area contributed by atoms with Gasteiger partial charge in [0.05, 0.1) is 11.8 Å². The highest BCUT2D eigenvalue weighted by Crippen LogP contribution is 2.38. The molecule has 0 unspecified atom stereocenters. The van der Waals surface area contributed by atoms with Gasteiger partial charge in [0.25, 0.3) is 5.91 Å². The minimum Gasteiger partial charge on any atom is -0.326 e. The summed E-state index contributed by atoms with van der Waals surface area (Å²) < 4.78 is 40.1. The molecule has 36 heavy (non-hydrogen) atoms. The Kier molecular flexibility index (Phi) is 6.60. The molecule has 1 N–H and O–H groups in total. The second kappa shape index (κ2) is 9.98. The molecule has 10 heteroatoms. The first-order valence-electron chi connectivity index (χ1n) is 11.1. The Balaban J connectivity index is 1.33. The molecule has 5 rings (SSSR count). The molecule has 0 bridgehead atoms. The average Bonchev–Trinajstić information content (AvgIpc) is 3.46. The predicted molar refractivity (Wildman–Crippen MR) is 132 cm³/mol. The Morgan fingerprint density at radius 3 is 2.47 bits per heavy atom. The van der Waals surface area contributed by atoms with Crippen LogP contribution in [0, 0.1) is 17.5 Å². The zero-order valence-corrected chi connectivity index (χ0v) is 19.5. The van der Waals surface area contributed by atoms with Crippen molar-refractivity contribution in [3.05, 3.63) is 101 Å². The molecule has 2 aliphatic rings. The summed E-state index contributed by atoms with van der Waals surface area (Å²) in [7, 11) is 0. The minimum atomic E-state index is -1.09. The van der Waals surface area contributed by atoms with Crippen molar-refractivity contribution >= 4 is 40.1 Å². The number of carbonyl (C=O) groups is 2. The topological polar surface area (TPSA) is 74.1 Å². The highest BCUT2D eigenvalue weighted by molar-refractivity contribution is 8.15. The fourth-order valence-corrected chi connectivity index (χ4v) is 5.06. The Labute approximate surface area is 208 Å². The molecular formula is C26H19F3N4O2S. The van der Waals surface area contributed by atoms with E-state index in [1.165, 1.54) is 18.2 Å². The van der Waals surface area contributed by atoms with Crippen molar-refractivity contribution < 1.29 is 22.8 Å². The fraction of sp³-hybridized carbons (Fsp3) is 0.154. The molecule has 2 heterocycles. The van der Waals surface area contributed by atoms with Gasteiger partial charge in [0.15, 0.2) is 16.8 Å². The number of hydrogen-bond acceptors (Lipinski definition) is 5. The van der Waals surface area contributed by atoms with Crippen molar-refractivity contribution in [2.75, 3.05) is 5.32 Å². The summed E-state index contributed by atoms with van der Waals surface area (Å²) in [5.41, 5.74) is 2.61. The number of nitrogens with zero attached hydrogens (tertiary/aromatic N) is 3. The largest absolute Gasteiger partial charge is 0.326 e. The summed E-state index contributed by atoms with van der Waals surface area (Å²) in [5.74, 6) is -3.49. The van der Waals surface area contributed by atoms with E-state index in [0.717, 1.165) is 40.7 Å². The number of thioether (sulfide) groups is 1. The van der Waals surface area contributed by atoms with E-state index in [9.17, 15) is 22.8 Å². The molecule has 182 valence electrons. The Hall–Kier alpha value is -3.92. The van der Waals surface area contributed by atoms with Crippen LogP contribution in [-0.2, 0) is 9.59 Å². The minimum absolute atomic E-state index is 0.0866. The van der Waals surface area contributed by atoms with Crippen LogP contribution in [0.1, 0.15) is 30.0 Å². The molecule has 0 aliphatic carbocycles. The van der Waals surface area contributed by atoms with Crippen LogP contribution < -0.4 is 5.32 Å². The quantitative estimate of drug-likeness (QED) is 0.509. The second-order valence-corrected chi connectivity index (χ2v) is 9.42. The zero-order valence-electron chi connectivity index (χ0n) is 18.7. The number of amides is 2.